The Morgan fingerprint density at radius 1 is 1.00 bits per heavy atom. The minimum atomic E-state index is 0. The van der Waals surface area contributed by atoms with Gasteiger partial charge in [0.2, 0.25) is 0 Å². The fourth-order valence-electron chi connectivity index (χ4n) is 0.211. The Balaban J connectivity index is 0. The molecule has 0 fully saturated rings. The first kappa shape index (κ1) is 12.3. The molecule has 0 aliphatic carbocycles. The molecule has 0 aromatic carbocycles. The predicted octanol–water partition coefficient (Wildman–Crippen LogP) is 2.19. The smallest absolute Gasteiger partial charge is 0.160 e. The van der Waals surface area contributed by atoms with Crippen LogP contribution in [-0.2, 0) is 20.4 Å². The molecular weight excluding hydrogens is 257 g/mol. The third-order valence-electron chi connectivity index (χ3n) is 0.443. The average Bonchev–Trinajstić information content (AvgIpc) is 1.69. The second-order valence-electron chi connectivity index (χ2n) is 0.990. The fraction of sp³-hybridized carbons (Fsp3) is 1.00. The minimum Gasteiger partial charge on any atom is -0.160 e. The van der Waals surface area contributed by atoms with Crippen molar-refractivity contribution in [3.8, 4) is 0 Å². The van der Waals surface area contributed by atoms with Crippen LogP contribution in [0, 0.1) is 0 Å². The molecule has 0 heterocycles. The van der Waals surface area contributed by atoms with Crippen LogP contribution in [-0.4, -0.2) is 23.3 Å². The minimum absolute atomic E-state index is 0. The van der Waals surface area contributed by atoms with E-state index in [0.29, 0.717) is 0 Å². The maximum Gasteiger partial charge on any atom is 2.00 e. The number of thioether (sulfide) groups is 1. The number of hydrogen-bond acceptors (Lipinski definition) is 1. The van der Waals surface area contributed by atoms with Crippen LogP contribution in [0.1, 0.15) is 0 Å². The Hall–Kier alpha value is 1.59. The summed E-state index contributed by atoms with van der Waals surface area (Å²) >= 11 is 12.5. The number of alkyl halides is 2. The summed E-state index contributed by atoms with van der Waals surface area (Å²) in [7, 11) is 0. The maximum atomic E-state index is 5.37. The van der Waals surface area contributed by atoms with Gasteiger partial charge in [0.25, 0.3) is 0 Å². The molecule has 4 heteroatoms. The van der Waals surface area contributed by atoms with Gasteiger partial charge >= 0.3 is 20.4 Å². The van der Waals surface area contributed by atoms with E-state index in [9.17, 15) is 0 Å². The van der Waals surface area contributed by atoms with Crippen molar-refractivity contribution >= 4 is 35.0 Å². The summed E-state index contributed by atoms with van der Waals surface area (Å²) in [6, 6.07) is 0. The van der Waals surface area contributed by atoms with E-state index in [0.717, 1.165) is 23.3 Å². The van der Waals surface area contributed by atoms with E-state index in [4.69, 9.17) is 23.2 Å². The molecule has 0 atom stereocenters. The van der Waals surface area contributed by atoms with Gasteiger partial charge < -0.3 is 0 Å². The van der Waals surface area contributed by atoms with Gasteiger partial charge in [-0.3, -0.25) is 0 Å². The van der Waals surface area contributed by atoms with E-state index < -0.39 is 0 Å². The number of halogens is 2. The molecule has 0 aliphatic rings. The molecule has 52 valence electrons. The van der Waals surface area contributed by atoms with E-state index in [1.54, 1.807) is 11.8 Å². The molecule has 0 radical (unpaired) electrons. The molecular formula is C4H8Cl2PdS+2. The van der Waals surface area contributed by atoms with Crippen LogP contribution in [0.4, 0.5) is 0 Å². The van der Waals surface area contributed by atoms with Crippen molar-refractivity contribution in [3.63, 3.8) is 0 Å². The Morgan fingerprint density at radius 2 is 1.38 bits per heavy atom. The van der Waals surface area contributed by atoms with Gasteiger partial charge in [0, 0.05) is 23.3 Å². The first-order chi connectivity index (χ1) is 3.41. The van der Waals surface area contributed by atoms with E-state index in [1.807, 2.05) is 0 Å². The summed E-state index contributed by atoms with van der Waals surface area (Å²) in [4.78, 5) is 0. The third-order valence-corrected chi connectivity index (χ3v) is 2.25. The first-order valence-electron chi connectivity index (χ1n) is 2.11. The van der Waals surface area contributed by atoms with E-state index in [1.165, 1.54) is 0 Å². The van der Waals surface area contributed by atoms with Crippen LogP contribution in [0.25, 0.3) is 0 Å². The topological polar surface area (TPSA) is 0 Å². The van der Waals surface area contributed by atoms with Gasteiger partial charge in [0.1, 0.15) is 0 Å². The summed E-state index contributed by atoms with van der Waals surface area (Å²) in [5, 5.41) is 0. The van der Waals surface area contributed by atoms with Gasteiger partial charge in [-0.25, -0.2) is 0 Å². The van der Waals surface area contributed by atoms with Crippen molar-refractivity contribution in [1.29, 1.82) is 0 Å². The van der Waals surface area contributed by atoms with Gasteiger partial charge in [-0.2, -0.15) is 11.8 Å². The first-order valence-corrected chi connectivity index (χ1v) is 4.34. The van der Waals surface area contributed by atoms with Gasteiger partial charge in [0.05, 0.1) is 0 Å². The van der Waals surface area contributed by atoms with E-state index >= 15 is 0 Å². The summed E-state index contributed by atoms with van der Waals surface area (Å²) in [6.45, 7) is 0. The molecule has 0 bridgehead atoms. The van der Waals surface area contributed by atoms with Crippen LogP contribution in [0.15, 0.2) is 0 Å². The van der Waals surface area contributed by atoms with Gasteiger partial charge in [-0.05, 0) is 0 Å². The normalized spacial score (nSPS) is 8.25. The second kappa shape index (κ2) is 11.4. The zero-order valence-corrected chi connectivity index (χ0v) is 8.19. The molecule has 0 aliphatic heterocycles. The monoisotopic (exact) mass is 264 g/mol. The van der Waals surface area contributed by atoms with Gasteiger partial charge in [-0.1, -0.05) is 0 Å². The van der Waals surface area contributed by atoms with Crippen LogP contribution in [0.5, 0.6) is 0 Å². The molecule has 0 amide bonds. The Morgan fingerprint density at radius 3 is 1.62 bits per heavy atom. The zero-order valence-electron chi connectivity index (χ0n) is 4.31. The average molecular weight is 266 g/mol. The van der Waals surface area contributed by atoms with Gasteiger partial charge in [0.15, 0.2) is 0 Å². The molecule has 0 aromatic heterocycles. The van der Waals surface area contributed by atoms with Crippen molar-refractivity contribution in [2.45, 2.75) is 0 Å². The van der Waals surface area contributed by atoms with Crippen molar-refractivity contribution in [2.24, 2.45) is 0 Å². The molecule has 8 heavy (non-hydrogen) atoms. The van der Waals surface area contributed by atoms with E-state index in [2.05, 4.69) is 0 Å². The fourth-order valence-corrected chi connectivity index (χ4v) is 1.29. The Labute approximate surface area is 78.3 Å². The van der Waals surface area contributed by atoms with E-state index in [-0.39, 0.29) is 20.4 Å². The van der Waals surface area contributed by atoms with Crippen molar-refractivity contribution < 1.29 is 20.4 Å². The Kier molecular flexibility index (Phi) is 17.5. The van der Waals surface area contributed by atoms with Gasteiger partial charge in [-0.15, -0.1) is 23.2 Å². The van der Waals surface area contributed by atoms with Crippen LogP contribution in [0.3, 0.4) is 0 Å². The largest absolute Gasteiger partial charge is 2.00 e. The molecule has 0 rings (SSSR count). The molecule has 0 spiro atoms. The van der Waals surface area contributed by atoms with Crippen molar-refractivity contribution in [2.75, 3.05) is 23.3 Å². The molecule has 0 nitrogen and oxygen atoms in total. The predicted molar refractivity (Wildman–Crippen MR) is 38.8 cm³/mol. The second-order valence-corrected chi connectivity index (χ2v) is 2.97. The van der Waals surface area contributed by atoms with Crippen molar-refractivity contribution in [3.05, 3.63) is 0 Å². The number of rotatable bonds is 4. The standard InChI is InChI=1S/C4H8Cl2S.Pd/c5-1-3-7-4-2-6;/h1-4H2;/q;+2. The quantitative estimate of drug-likeness (QED) is 0.427. The summed E-state index contributed by atoms with van der Waals surface area (Å²) in [6.07, 6.45) is 0. The summed E-state index contributed by atoms with van der Waals surface area (Å²) in [5.74, 6) is 3.52. The molecule has 0 aromatic rings. The molecule has 0 unspecified atom stereocenters. The summed E-state index contributed by atoms with van der Waals surface area (Å²) < 4.78 is 0. The SMILES string of the molecule is ClCCSCCCl.[Pd+2]. The molecule has 0 saturated heterocycles. The molecule has 0 saturated carbocycles. The zero-order chi connectivity index (χ0) is 5.54. The Bertz CT molecular complexity index is 33.2. The van der Waals surface area contributed by atoms with Crippen molar-refractivity contribution in [1.82, 2.24) is 0 Å². The maximum absolute atomic E-state index is 5.37. The number of hydrogen-bond donors (Lipinski definition) is 0. The van der Waals surface area contributed by atoms with Crippen LogP contribution in [0.2, 0.25) is 0 Å². The molecule has 0 N–H and O–H groups in total. The summed E-state index contributed by atoms with van der Waals surface area (Å²) in [5.41, 5.74) is 0. The van der Waals surface area contributed by atoms with Crippen LogP contribution < -0.4 is 0 Å². The third kappa shape index (κ3) is 10.6. The van der Waals surface area contributed by atoms with Crippen LogP contribution >= 0.6 is 35.0 Å².